The fourth-order valence-corrected chi connectivity index (χ4v) is 2.63. The molecule has 0 saturated carbocycles. The second-order valence-corrected chi connectivity index (χ2v) is 5.50. The lowest BCUT2D eigenvalue weighted by Gasteiger charge is -2.38. The van der Waals surface area contributed by atoms with Gasteiger partial charge in [0, 0.05) is 26.2 Å². The van der Waals surface area contributed by atoms with E-state index < -0.39 is 12.1 Å². The number of hydrogen-bond acceptors (Lipinski definition) is 4. The second kappa shape index (κ2) is 6.87. The van der Waals surface area contributed by atoms with Crippen LogP contribution in [0.2, 0.25) is 0 Å². The molecule has 116 valence electrons. The molecule has 0 spiro atoms. The highest BCUT2D eigenvalue weighted by Gasteiger charge is 2.37. The summed E-state index contributed by atoms with van der Waals surface area (Å²) in [7, 11) is 0. The van der Waals surface area contributed by atoms with E-state index in [1.165, 1.54) is 12.8 Å². The van der Waals surface area contributed by atoms with Crippen molar-refractivity contribution in [3.05, 3.63) is 29.6 Å². The first-order valence-electron chi connectivity index (χ1n) is 7.63. The van der Waals surface area contributed by atoms with Crippen LogP contribution in [0.15, 0.2) is 18.9 Å². The van der Waals surface area contributed by atoms with Crippen molar-refractivity contribution in [2.24, 2.45) is 0 Å². The Hall–Kier alpha value is -1.66. The van der Waals surface area contributed by atoms with Crippen LogP contribution >= 0.6 is 0 Å². The van der Waals surface area contributed by atoms with Crippen LogP contribution in [-0.4, -0.2) is 28.4 Å². The topological polar surface area (TPSA) is 65.6 Å². The first-order chi connectivity index (χ1) is 10.1. The molecule has 1 N–H and O–H groups in total. The fourth-order valence-electron chi connectivity index (χ4n) is 2.63. The number of rotatable bonds is 7. The average molecular weight is 292 g/mol. The minimum atomic E-state index is -0.466. The van der Waals surface area contributed by atoms with E-state index in [1.807, 2.05) is 4.90 Å². The highest BCUT2D eigenvalue weighted by atomic mass is 16.5. The van der Waals surface area contributed by atoms with E-state index in [2.05, 4.69) is 18.6 Å². The Kier molecular flexibility index (Phi) is 5.14. The molecule has 6 nitrogen and oxygen atoms in total. The fraction of sp³-hybridized carbons (Fsp3) is 0.600. The van der Waals surface area contributed by atoms with Crippen LogP contribution in [-0.2, 0) is 6.54 Å². The molecule has 2 rings (SSSR count). The van der Waals surface area contributed by atoms with E-state index in [0.29, 0.717) is 17.9 Å². The first kappa shape index (κ1) is 15.7. The standard InChI is InChI=1S/C15H24N4O2/c1-4-6-7-8-10-17-11-13-14(16-17)18(9-5-2)12(3)19(21)15(13)20/h5,11-12,19H,2,4,6-10H2,1,3H3. The number of carbonyl (C=O) groups is 1. The van der Waals surface area contributed by atoms with Crippen LogP contribution in [0, 0.1) is 5.21 Å². The summed E-state index contributed by atoms with van der Waals surface area (Å²) in [5, 5.41) is 16.2. The van der Waals surface area contributed by atoms with Gasteiger partial charge in [-0.15, -0.1) is 6.58 Å². The number of fused-ring (bicyclic) bond motifs is 1. The first-order valence-corrected chi connectivity index (χ1v) is 7.63. The Morgan fingerprint density at radius 1 is 1.48 bits per heavy atom. The van der Waals surface area contributed by atoms with Gasteiger partial charge in [-0.3, -0.25) is 9.75 Å². The summed E-state index contributed by atoms with van der Waals surface area (Å²) >= 11 is 0. The third-order valence-corrected chi connectivity index (χ3v) is 3.90. The molecule has 0 bridgehead atoms. The van der Waals surface area contributed by atoms with Gasteiger partial charge < -0.3 is 10.1 Å². The normalized spacial score (nSPS) is 21.5. The quantitative estimate of drug-likeness (QED) is 0.468. The van der Waals surface area contributed by atoms with E-state index >= 15 is 0 Å². The van der Waals surface area contributed by atoms with Crippen molar-refractivity contribution in [1.29, 1.82) is 0 Å². The molecule has 21 heavy (non-hydrogen) atoms. The Morgan fingerprint density at radius 3 is 2.90 bits per heavy atom. The number of anilines is 1. The molecular formula is C15H24N4O2. The predicted octanol–water partition coefficient (Wildman–Crippen LogP) is 1.34. The molecule has 0 saturated heterocycles. The van der Waals surface area contributed by atoms with Crippen LogP contribution < -0.4 is 9.96 Å². The van der Waals surface area contributed by atoms with Gasteiger partial charge in [-0.25, -0.2) is 4.79 Å². The molecule has 0 aromatic carbocycles. The Bertz CT molecular complexity index is 512. The van der Waals surface area contributed by atoms with Gasteiger partial charge in [0.1, 0.15) is 5.56 Å². The summed E-state index contributed by atoms with van der Waals surface area (Å²) in [5.74, 6) is 0.195. The van der Waals surface area contributed by atoms with E-state index in [0.717, 1.165) is 19.4 Å². The minimum absolute atomic E-state index is 0.366. The van der Waals surface area contributed by atoms with Crippen LogP contribution in [0.3, 0.4) is 0 Å². The third kappa shape index (κ3) is 3.16. The summed E-state index contributed by atoms with van der Waals surface area (Å²) in [6.07, 6.45) is 7.55. The molecule has 1 aromatic rings. The predicted molar refractivity (Wildman–Crippen MR) is 82.0 cm³/mol. The molecule has 1 aliphatic heterocycles. The van der Waals surface area contributed by atoms with E-state index in [9.17, 15) is 10.0 Å². The number of hydrogen-bond donors (Lipinski definition) is 1. The Balaban J connectivity index is 2.19. The van der Waals surface area contributed by atoms with Crippen molar-refractivity contribution in [2.75, 3.05) is 11.4 Å². The Morgan fingerprint density at radius 2 is 2.24 bits per heavy atom. The Labute approximate surface area is 125 Å². The van der Waals surface area contributed by atoms with Gasteiger partial charge in [0.25, 0.3) is 0 Å². The van der Waals surface area contributed by atoms with Crippen molar-refractivity contribution in [3.63, 3.8) is 0 Å². The number of aromatic nitrogens is 2. The maximum Gasteiger partial charge on any atom is 0.351 e. The van der Waals surface area contributed by atoms with Crippen molar-refractivity contribution < 1.29 is 9.86 Å². The van der Waals surface area contributed by atoms with Crippen molar-refractivity contribution >= 4 is 11.7 Å². The number of quaternary nitrogens is 1. The summed E-state index contributed by atoms with van der Waals surface area (Å²) in [6.45, 7) is 8.92. The molecular weight excluding hydrogens is 268 g/mol. The summed E-state index contributed by atoms with van der Waals surface area (Å²) in [4.78, 5) is 14.0. The van der Waals surface area contributed by atoms with Crippen LogP contribution in [0.1, 0.15) is 49.9 Å². The lowest BCUT2D eigenvalue weighted by atomic mass is 10.2. The number of carbonyl (C=O) groups excluding carboxylic acids is 1. The van der Waals surface area contributed by atoms with Gasteiger partial charge in [0.2, 0.25) is 0 Å². The molecule has 1 amide bonds. The zero-order valence-electron chi connectivity index (χ0n) is 12.8. The van der Waals surface area contributed by atoms with E-state index in [-0.39, 0.29) is 5.06 Å². The van der Waals surface area contributed by atoms with Gasteiger partial charge in [-0.1, -0.05) is 32.3 Å². The lowest BCUT2D eigenvalue weighted by Crippen LogP contribution is -3.16. The average Bonchev–Trinajstić information content (AvgIpc) is 2.90. The van der Waals surface area contributed by atoms with Crippen molar-refractivity contribution in [1.82, 2.24) is 9.78 Å². The molecule has 2 atom stereocenters. The summed E-state index contributed by atoms with van der Waals surface area (Å²) in [6, 6.07) is 0. The number of nitrogens with zero attached hydrogens (tertiary/aromatic N) is 3. The highest BCUT2D eigenvalue weighted by molar-refractivity contribution is 5.94. The van der Waals surface area contributed by atoms with Gasteiger partial charge in [-0.2, -0.15) is 5.10 Å². The molecule has 0 aliphatic carbocycles. The maximum absolute atomic E-state index is 12.1. The van der Waals surface area contributed by atoms with E-state index in [1.54, 1.807) is 23.9 Å². The van der Waals surface area contributed by atoms with Crippen LogP contribution in [0.4, 0.5) is 5.82 Å². The molecule has 6 heteroatoms. The number of aryl methyl sites for hydroxylation is 1. The molecule has 2 unspecified atom stereocenters. The van der Waals surface area contributed by atoms with Crippen LogP contribution in [0.5, 0.6) is 0 Å². The number of hydroxylamine groups is 2. The van der Waals surface area contributed by atoms with Crippen molar-refractivity contribution in [3.8, 4) is 0 Å². The van der Waals surface area contributed by atoms with Gasteiger partial charge in [0.05, 0.1) is 0 Å². The SMILES string of the molecule is C=CCN1c2nn(CCCCCC)cc2C(=O)[NH+]([O-])C1C. The van der Waals surface area contributed by atoms with Gasteiger partial charge >= 0.3 is 5.91 Å². The minimum Gasteiger partial charge on any atom is -0.625 e. The smallest absolute Gasteiger partial charge is 0.351 e. The number of unbranched alkanes of at least 4 members (excludes halogenated alkanes) is 3. The zero-order valence-corrected chi connectivity index (χ0v) is 12.8. The molecule has 0 radical (unpaired) electrons. The van der Waals surface area contributed by atoms with Gasteiger partial charge in [-0.05, 0) is 6.42 Å². The second-order valence-electron chi connectivity index (χ2n) is 5.50. The molecule has 1 aromatic heterocycles. The zero-order chi connectivity index (χ0) is 15.4. The molecule has 1 aliphatic rings. The van der Waals surface area contributed by atoms with Crippen molar-refractivity contribution in [2.45, 2.75) is 52.2 Å². The maximum atomic E-state index is 12.1. The third-order valence-electron chi connectivity index (χ3n) is 3.90. The highest BCUT2D eigenvalue weighted by Crippen LogP contribution is 2.22. The number of amides is 1. The molecule has 0 fully saturated rings. The monoisotopic (exact) mass is 292 g/mol. The number of nitrogens with one attached hydrogen (secondary N) is 1. The van der Waals surface area contributed by atoms with Crippen LogP contribution in [0.25, 0.3) is 0 Å². The van der Waals surface area contributed by atoms with Gasteiger partial charge in [0.15, 0.2) is 12.0 Å². The van der Waals surface area contributed by atoms with E-state index in [4.69, 9.17) is 0 Å². The summed E-state index contributed by atoms with van der Waals surface area (Å²) in [5.41, 5.74) is 0.426. The lowest BCUT2D eigenvalue weighted by molar-refractivity contribution is -0.786. The summed E-state index contributed by atoms with van der Waals surface area (Å²) < 4.78 is 1.79. The largest absolute Gasteiger partial charge is 0.625 e. The molecule has 2 heterocycles.